The maximum absolute atomic E-state index is 12.5. The summed E-state index contributed by atoms with van der Waals surface area (Å²) in [5.74, 6) is 1.49. The monoisotopic (exact) mass is 399 g/mol. The molecule has 4 aromatic rings. The molecule has 1 N–H and O–H groups in total. The molecule has 0 spiro atoms. The third-order valence-corrected chi connectivity index (χ3v) is 5.41. The number of likely N-dealkylation sites (tertiary alicyclic amines) is 1. The van der Waals surface area contributed by atoms with Gasteiger partial charge in [-0.05, 0) is 43.2 Å². The number of benzene rings is 1. The van der Waals surface area contributed by atoms with Crippen LogP contribution in [0.2, 0.25) is 0 Å². The minimum absolute atomic E-state index is 0.0218. The van der Waals surface area contributed by atoms with Crippen LogP contribution in [0.15, 0.2) is 71.8 Å². The number of nitrogens with zero attached hydrogens (tertiary/aromatic N) is 4. The quantitative estimate of drug-likeness (QED) is 0.558. The van der Waals surface area contributed by atoms with Crippen molar-refractivity contribution in [2.75, 3.05) is 18.4 Å². The molecule has 0 aliphatic carbocycles. The highest BCUT2D eigenvalue weighted by Crippen LogP contribution is 2.26. The van der Waals surface area contributed by atoms with Crippen LogP contribution in [0.4, 0.5) is 5.82 Å². The summed E-state index contributed by atoms with van der Waals surface area (Å²) in [7, 11) is 0. The SMILES string of the molecule is O=C(c1ccoc1)N1CCC(Nc2nc(-c3cccnc3)nc3ccccc23)CC1. The first-order chi connectivity index (χ1) is 14.8. The van der Waals surface area contributed by atoms with E-state index >= 15 is 0 Å². The second-order valence-electron chi connectivity index (χ2n) is 7.38. The highest BCUT2D eigenvalue weighted by molar-refractivity contribution is 5.94. The number of amides is 1. The lowest BCUT2D eigenvalue weighted by Gasteiger charge is -2.32. The van der Waals surface area contributed by atoms with E-state index in [1.54, 1.807) is 18.5 Å². The van der Waals surface area contributed by atoms with Crippen molar-refractivity contribution < 1.29 is 9.21 Å². The van der Waals surface area contributed by atoms with Crippen molar-refractivity contribution in [3.8, 4) is 11.4 Å². The summed E-state index contributed by atoms with van der Waals surface area (Å²) in [4.78, 5) is 28.1. The Labute approximate surface area is 173 Å². The molecule has 1 aliphatic heterocycles. The number of piperidine rings is 1. The van der Waals surface area contributed by atoms with Crippen molar-refractivity contribution in [1.29, 1.82) is 0 Å². The molecule has 3 aromatic heterocycles. The van der Waals surface area contributed by atoms with E-state index < -0.39 is 0 Å². The summed E-state index contributed by atoms with van der Waals surface area (Å²) in [6, 6.07) is 13.8. The van der Waals surface area contributed by atoms with Gasteiger partial charge in [-0.2, -0.15) is 0 Å². The average molecular weight is 399 g/mol. The second-order valence-corrected chi connectivity index (χ2v) is 7.38. The highest BCUT2D eigenvalue weighted by Gasteiger charge is 2.25. The van der Waals surface area contributed by atoms with E-state index in [9.17, 15) is 4.79 Å². The molecule has 0 saturated carbocycles. The fourth-order valence-electron chi connectivity index (χ4n) is 3.80. The molecular formula is C23H21N5O2. The molecule has 4 heterocycles. The molecule has 1 aliphatic rings. The fourth-order valence-corrected chi connectivity index (χ4v) is 3.80. The molecule has 1 fully saturated rings. The number of aromatic nitrogens is 3. The van der Waals surface area contributed by atoms with Crippen LogP contribution >= 0.6 is 0 Å². The molecule has 1 aromatic carbocycles. The standard InChI is InChI=1S/C23H21N5O2/c29-23(17-9-13-30-15-17)28-11-7-18(8-12-28)25-22-19-5-1-2-6-20(19)26-21(27-22)16-4-3-10-24-14-16/h1-6,9-10,13-15,18H,7-8,11-12H2,(H,25,26,27). The summed E-state index contributed by atoms with van der Waals surface area (Å²) in [6.07, 6.45) is 8.24. The highest BCUT2D eigenvalue weighted by atomic mass is 16.3. The third kappa shape index (κ3) is 3.61. The van der Waals surface area contributed by atoms with E-state index in [4.69, 9.17) is 14.4 Å². The van der Waals surface area contributed by atoms with E-state index in [0.29, 0.717) is 24.5 Å². The van der Waals surface area contributed by atoms with E-state index in [1.165, 1.54) is 12.5 Å². The number of carbonyl (C=O) groups is 1. The lowest BCUT2D eigenvalue weighted by Crippen LogP contribution is -2.42. The Balaban J connectivity index is 1.36. The van der Waals surface area contributed by atoms with Gasteiger partial charge in [-0.15, -0.1) is 0 Å². The minimum Gasteiger partial charge on any atom is -0.472 e. The van der Waals surface area contributed by atoms with Crippen molar-refractivity contribution in [3.63, 3.8) is 0 Å². The van der Waals surface area contributed by atoms with Crippen molar-refractivity contribution in [1.82, 2.24) is 19.9 Å². The Morgan fingerprint density at radius 2 is 1.93 bits per heavy atom. The zero-order valence-corrected chi connectivity index (χ0v) is 16.4. The van der Waals surface area contributed by atoms with Crippen molar-refractivity contribution in [2.24, 2.45) is 0 Å². The lowest BCUT2D eigenvalue weighted by molar-refractivity contribution is 0.0717. The first kappa shape index (κ1) is 18.3. The average Bonchev–Trinajstić information content (AvgIpc) is 3.35. The molecule has 7 nitrogen and oxygen atoms in total. The van der Waals surface area contributed by atoms with Gasteiger partial charge < -0.3 is 14.6 Å². The summed E-state index contributed by atoms with van der Waals surface area (Å²) in [5, 5.41) is 4.59. The van der Waals surface area contributed by atoms with Crippen LogP contribution in [-0.4, -0.2) is 44.9 Å². The number of anilines is 1. The maximum atomic E-state index is 12.5. The molecule has 0 unspecified atom stereocenters. The van der Waals surface area contributed by atoms with Gasteiger partial charge in [0.05, 0.1) is 17.3 Å². The number of nitrogens with one attached hydrogen (secondary N) is 1. The summed E-state index contributed by atoms with van der Waals surface area (Å²) >= 11 is 0. The largest absolute Gasteiger partial charge is 0.472 e. The van der Waals surface area contributed by atoms with Gasteiger partial charge in [0.25, 0.3) is 5.91 Å². The molecule has 1 saturated heterocycles. The van der Waals surface area contributed by atoms with Crippen molar-refractivity contribution in [2.45, 2.75) is 18.9 Å². The van der Waals surface area contributed by atoms with Gasteiger partial charge >= 0.3 is 0 Å². The van der Waals surface area contributed by atoms with Crippen LogP contribution in [0.3, 0.4) is 0 Å². The molecular weight excluding hydrogens is 378 g/mol. The summed E-state index contributed by atoms with van der Waals surface area (Å²) in [5.41, 5.74) is 2.37. The van der Waals surface area contributed by atoms with Gasteiger partial charge in [0, 0.05) is 42.5 Å². The molecule has 30 heavy (non-hydrogen) atoms. The Bertz CT molecular complexity index is 1150. The van der Waals surface area contributed by atoms with Gasteiger partial charge in [0.2, 0.25) is 0 Å². The normalized spacial score (nSPS) is 14.7. The van der Waals surface area contributed by atoms with E-state index in [-0.39, 0.29) is 11.9 Å². The predicted molar refractivity (Wildman–Crippen MR) is 114 cm³/mol. The predicted octanol–water partition coefficient (Wildman–Crippen LogP) is 4.00. The molecule has 5 rings (SSSR count). The zero-order chi connectivity index (χ0) is 20.3. The topological polar surface area (TPSA) is 84.2 Å². The summed E-state index contributed by atoms with van der Waals surface area (Å²) < 4.78 is 5.04. The van der Waals surface area contributed by atoms with Gasteiger partial charge in [-0.25, -0.2) is 9.97 Å². The number of pyridine rings is 1. The lowest BCUT2D eigenvalue weighted by atomic mass is 10.0. The number of hydrogen-bond donors (Lipinski definition) is 1. The first-order valence-electron chi connectivity index (χ1n) is 10.0. The van der Waals surface area contributed by atoms with Crippen LogP contribution in [0.1, 0.15) is 23.2 Å². The maximum Gasteiger partial charge on any atom is 0.257 e. The Hall–Kier alpha value is -3.74. The van der Waals surface area contributed by atoms with Gasteiger partial charge in [0.15, 0.2) is 5.82 Å². The molecule has 0 bridgehead atoms. The Kier molecular flexibility index (Phi) is 4.85. The van der Waals surface area contributed by atoms with Crippen LogP contribution in [0, 0.1) is 0 Å². The van der Waals surface area contributed by atoms with Crippen LogP contribution in [0.5, 0.6) is 0 Å². The minimum atomic E-state index is 0.0218. The van der Waals surface area contributed by atoms with Gasteiger partial charge in [-0.1, -0.05) is 12.1 Å². The van der Waals surface area contributed by atoms with E-state index in [1.807, 2.05) is 41.3 Å². The molecule has 0 atom stereocenters. The Morgan fingerprint density at radius 1 is 1.07 bits per heavy atom. The number of hydrogen-bond acceptors (Lipinski definition) is 6. The van der Waals surface area contributed by atoms with Crippen LogP contribution in [-0.2, 0) is 0 Å². The van der Waals surface area contributed by atoms with Crippen molar-refractivity contribution >= 4 is 22.6 Å². The number of para-hydroxylation sites is 1. The molecule has 150 valence electrons. The number of furan rings is 1. The third-order valence-electron chi connectivity index (χ3n) is 5.41. The van der Waals surface area contributed by atoms with Gasteiger partial charge in [-0.3, -0.25) is 9.78 Å². The number of rotatable bonds is 4. The summed E-state index contributed by atoms with van der Waals surface area (Å²) in [6.45, 7) is 1.39. The van der Waals surface area contributed by atoms with Crippen molar-refractivity contribution in [3.05, 3.63) is 72.9 Å². The van der Waals surface area contributed by atoms with Crippen LogP contribution < -0.4 is 5.32 Å². The van der Waals surface area contributed by atoms with E-state index in [0.717, 1.165) is 35.1 Å². The Morgan fingerprint density at radius 3 is 2.70 bits per heavy atom. The molecule has 0 radical (unpaired) electrons. The molecule has 1 amide bonds. The number of carbonyl (C=O) groups excluding carboxylic acids is 1. The van der Waals surface area contributed by atoms with Crippen LogP contribution in [0.25, 0.3) is 22.3 Å². The van der Waals surface area contributed by atoms with Gasteiger partial charge in [0.1, 0.15) is 12.1 Å². The number of fused-ring (bicyclic) bond motifs is 1. The smallest absolute Gasteiger partial charge is 0.257 e. The fraction of sp³-hybridized carbons (Fsp3) is 0.217. The second kappa shape index (κ2) is 7.94. The zero-order valence-electron chi connectivity index (χ0n) is 16.4. The van der Waals surface area contributed by atoms with E-state index in [2.05, 4.69) is 10.3 Å². The first-order valence-corrected chi connectivity index (χ1v) is 10.0. The molecule has 7 heteroatoms.